The van der Waals surface area contributed by atoms with Gasteiger partial charge in [-0.2, -0.15) is 0 Å². The van der Waals surface area contributed by atoms with E-state index in [1.165, 1.54) is 0 Å². The molecule has 0 aliphatic heterocycles. The van der Waals surface area contributed by atoms with E-state index in [1.54, 1.807) is 0 Å². The van der Waals surface area contributed by atoms with Gasteiger partial charge in [0.15, 0.2) is 17.3 Å². The van der Waals surface area contributed by atoms with Crippen LogP contribution in [0, 0.1) is 0 Å². The van der Waals surface area contributed by atoms with Gasteiger partial charge < -0.3 is 4.42 Å². The molecule has 168 valence electrons. The Morgan fingerprint density at radius 2 is 1.11 bits per heavy atom. The van der Waals surface area contributed by atoms with Gasteiger partial charge in [-0.05, 0) is 29.3 Å². The number of fused-ring (bicyclic) bond motifs is 1. The first-order chi connectivity index (χ1) is 17.3. The quantitative estimate of drug-likeness (QED) is 0.267. The molecule has 0 bridgehead atoms. The molecule has 0 atom stereocenters. The summed E-state index contributed by atoms with van der Waals surface area (Å²) in [5.74, 6) is 1.48. The van der Waals surface area contributed by atoms with Crippen molar-refractivity contribution in [3.63, 3.8) is 0 Å². The van der Waals surface area contributed by atoms with Crippen LogP contribution in [-0.4, -0.2) is 15.0 Å². The Morgan fingerprint density at radius 1 is 0.543 bits per heavy atom. The molecule has 2 heterocycles. The average molecular weight is 454 g/mol. The van der Waals surface area contributed by atoms with Gasteiger partial charge >= 0.3 is 0 Å². The van der Waals surface area contributed by atoms with Crippen molar-refractivity contribution in [2.75, 3.05) is 0 Å². The number of aromatic nitrogens is 3. The van der Waals surface area contributed by atoms with Gasteiger partial charge in [-0.15, -0.1) is 0 Å². The Balaban J connectivity index is 1.40. The second-order valence-electron chi connectivity index (χ2n) is 8.42. The summed E-state index contributed by atoms with van der Waals surface area (Å²) in [5, 5.41) is 0. The van der Waals surface area contributed by atoms with Crippen molar-refractivity contribution in [2.45, 2.75) is 13.3 Å². The summed E-state index contributed by atoms with van der Waals surface area (Å²) in [6, 6.07) is 37.0. The van der Waals surface area contributed by atoms with Crippen molar-refractivity contribution in [3.05, 3.63) is 115 Å². The van der Waals surface area contributed by atoms with Crippen LogP contribution in [0.1, 0.15) is 12.8 Å². The van der Waals surface area contributed by atoms with Crippen molar-refractivity contribution in [1.82, 2.24) is 15.0 Å². The smallest absolute Gasteiger partial charge is 0.195 e. The number of hydrogen-bond donors (Lipinski definition) is 0. The summed E-state index contributed by atoms with van der Waals surface area (Å²) < 4.78 is 5.76. The topological polar surface area (TPSA) is 51.8 Å². The SMILES string of the molecule is CCc1nc2cc(-c3ccc(-c4cc(-c5ccccc5)nc(-c5ccccc5)n4)cc3)ccc2o1. The zero-order valence-corrected chi connectivity index (χ0v) is 19.3. The molecule has 2 aromatic heterocycles. The first-order valence-electron chi connectivity index (χ1n) is 11.8. The summed E-state index contributed by atoms with van der Waals surface area (Å²) in [4.78, 5) is 14.4. The molecule has 0 aliphatic rings. The molecule has 0 radical (unpaired) electrons. The van der Waals surface area contributed by atoms with Gasteiger partial charge in [0.05, 0.1) is 11.4 Å². The van der Waals surface area contributed by atoms with Crippen molar-refractivity contribution >= 4 is 11.1 Å². The van der Waals surface area contributed by atoms with E-state index in [0.29, 0.717) is 5.82 Å². The second kappa shape index (κ2) is 8.99. The van der Waals surface area contributed by atoms with Gasteiger partial charge in [-0.25, -0.2) is 15.0 Å². The third-order valence-electron chi connectivity index (χ3n) is 6.08. The van der Waals surface area contributed by atoms with Crippen LogP contribution in [0.5, 0.6) is 0 Å². The molecule has 4 nitrogen and oxygen atoms in total. The fourth-order valence-corrected chi connectivity index (χ4v) is 4.21. The Kier molecular flexibility index (Phi) is 5.39. The highest BCUT2D eigenvalue weighted by Crippen LogP contribution is 2.30. The molecule has 6 aromatic rings. The Bertz CT molecular complexity index is 1550. The van der Waals surface area contributed by atoms with Crippen LogP contribution in [0.4, 0.5) is 0 Å². The monoisotopic (exact) mass is 453 g/mol. The lowest BCUT2D eigenvalue weighted by Gasteiger charge is -2.10. The van der Waals surface area contributed by atoms with Gasteiger partial charge in [0, 0.05) is 23.1 Å². The molecule has 0 unspecified atom stereocenters. The minimum absolute atomic E-state index is 0.717. The first-order valence-corrected chi connectivity index (χ1v) is 11.8. The van der Waals surface area contributed by atoms with E-state index in [-0.39, 0.29) is 0 Å². The molecule has 0 amide bonds. The van der Waals surface area contributed by atoms with Crippen LogP contribution in [0.15, 0.2) is 114 Å². The summed E-state index contributed by atoms with van der Waals surface area (Å²) in [5.41, 5.74) is 8.85. The summed E-state index contributed by atoms with van der Waals surface area (Å²) in [6.45, 7) is 2.05. The molecule has 35 heavy (non-hydrogen) atoms. The zero-order valence-electron chi connectivity index (χ0n) is 19.3. The first kappa shape index (κ1) is 21.0. The van der Waals surface area contributed by atoms with E-state index in [2.05, 4.69) is 59.6 Å². The van der Waals surface area contributed by atoms with Gasteiger partial charge in [0.25, 0.3) is 0 Å². The van der Waals surface area contributed by atoms with Gasteiger partial charge in [0.2, 0.25) is 0 Å². The normalized spacial score (nSPS) is 11.1. The maximum absolute atomic E-state index is 5.76. The maximum Gasteiger partial charge on any atom is 0.195 e. The molecule has 4 heteroatoms. The van der Waals surface area contributed by atoms with E-state index < -0.39 is 0 Å². The van der Waals surface area contributed by atoms with Gasteiger partial charge in [-0.1, -0.05) is 97.9 Å². The van der Waals surface area contributed by atoms with Crippen LogP contribution in [-0.2, 0) is 6.42 Å². The molecular weight excluding hydrogens is 430 g/mol. The molecule has 0 N–H and O–H groups in total. The Morgan fingerprint density at radius 3 is 1.77 bits per heavy atom. The zero-order chi connectivity index (χ0) is 23.6. The molecular formula is C31H23N3O. The highest BCUT2D eigenvalue weighted by molar-refractivity contribution is 5.81. The van der Waals surface area contributed by atoms with E-state index in [0.717, 1.165) is 62.6 Å². The number of hydrogen-bond acceptors (Lipinski definition) is 4. The molecule has 0 saturated carbocycles. The van der Waals surface area contributed by atoms with E-state index in [9.17, 15) is 0 Å². The van der Waals surface area contributed by atoms with Crippen molar-refractivity contribution in [3.8, 4) is 45.0 Å². The standard InChI is InChI=1S/C31H23N3O/c1-2-30-32-28-19-25(17-18-29(28)35-30)21-13-15-23(16-14-21)27-20-26(22-9-5-3-6-10-22)33-31(34-27)24-11-7-4-8-12-24/h3-20H,2H2,1H3. The van der Waals surface area contributed by atoms with E-state index in [1.807, 2.05) is 61.5 Å². The fourth-order valence-electron chi connectivity index (χ4n) is 4.21. The molecule has 0 saturated heterocycles. The summed E-state index contributed by atoms with van der Waals surface area (Å²) >= 11 is 0. The van der Waals surface area contributed by atoms with Crippen LogP contribution < -0.4 is 0 Å². The number of aryl methyl sites for hydroxylation is 1. The van der Waals surface area contributed by atoms with Crippen LogP contribution in [0.2, 0.25) is 0 Å². The summed E-state index contributed by atoms with van der Waals surface area (Å²) in [7, 11) is 0. The third-order valence-corrected chi connectivity index (χ3v) is 6.08. The lowest BCUT2D eigenvalue weighted by Crippen LogP contribution is -1.95. The predicted octanol–water partition coefficient (Wildman–Crippen LogP) is 7.85. The van der Waals surface area contributed by atoms with Crippen LogP contribution in [0.25, 0.3) is 56.1 Å². The fraction of sp³-hybridized carbons (Fsp3) is 0.0645. The van der Waals surface area contributed by atoms with E-state index in [4.69, 9.17) is 14.4 Å². The number of rotatable bonds is 5. The predicted molar refractivity (Wildman–Crippen MR) is 141 cm³/mol. The minimum Gasteiger partial charge on any atom is -0.441 e. The van der Waals surface area contributed by atoms with Crippen LogP contribution >= 0.6 is 0 Å². The third kappa shape index (κ3) is 4.22. The van der Waals surface area contributed by atoms with Gasteiger partial charge in [-0.3, -0.25) is 0 Å². The molecule has 4 aromatic carbocycles. The Labute approximate surface area is 204 Å². The largest absolute Gasteiger partial charge is 0.441 e. The highest BCUT2D eigenvalue weighted by Gasteiger charge is 2.11. The lowest BCUT2D eigenvalue weighted by atomic mass is 10.0. The van der Waals surface area contributed by atoms with Crippen molar-refractivity contribution in [2.24, 2.45) is 0 Å². The summed E-state index contributed by atoms with van der Waals surface area (Å²) in [6.07, 6.45) is 0.785. The Hall–Kier alpha value is -4.57. The maximum atomic E-state index is 5.76. The minimum atomic E-state index is 0.717. The number of benzene rings is 4. The highest BCUT2D eigenvalue weighted by atomic mass is 16.3. The molecule has 0 spiro atoms. The molecule has 0 fully saturated rings. The van der Waals surface area contributed by atoms with E-state index >= 15 is 0 Å². The number of nitrogens with zero attached hydrogens (tertiary/aromatic N) is 3. The van der Waals surface area contributed by atoms with Gasteiger partial charge in [0.1, 0.15) is 5.52 Å². The van der Waals surface area contributed by atoms with Crippen molar-refractivity contribution < 1.29 is 4.42 Å². The number of oxazole rings is 1. The molecule has 0 aliphatic carbocycles. The average Bonchev–Trinajstić information content (AvgIpc) is 3.37. The second-order valence-corrected chi connectivity index (χ2v) is 8.42. The van der Waals surface area contributed by atoms with Crippen molar-refractivity contribution in [1.29, 1.82) is 0 Å². The molecule has 6 rings (SSSR count). The van der Waals surface area contributed by atoms with Crippen LogP contribution in [0.3, 0.4) is 0 Å². The lowest BCUT2D eigenvalue weighted by molar-refractivity contribution is 0.538.